The molecular weight excluding hydrogens is 382 g/mol. The first-order valence-corrected chi connectivity index (χ1v) is 10.9. The summed E-state index contributed by atoms with van der Waals surface area (Å²) in [6, 6.07) is 2.08. The number of hydrogen-bond acceptors (Lipinski definition) is 5. The van der Waals surface area contributed by atoms with Crippen molar-refractivity contribution >= 4 is 27.8 Å². The van der Waals surface area contributed by atoms with Crippen LogP contribution in [0, 0.1) is 13.8 Å². The Morgan fingerprint density at radius 2 is 1.87 bits per heavy atom. The molecular formula is C24H27NO5. The molecule has 0 bridgehead atoms. The molecule has 3 aromatic rings. The van der Waals surface area contributed by atoms with Crippen LogP contribution in [0.3, 0.4) is 0 Å². The molecule has 2 aliphatic rings. The minimum atomic E-state index is -0.453. The molecule has 6 heteroatoms. The van der Waals surface area contributed by atoms with Crippen molar-refractivity contribution < 1.29 is 18.4 Å². The van der Waals surface area contributed by atoms with E-state index in [4.69, 9.17) is 13.6 Å². The third-order valence-electron chi connectivity index (χ3n) is 6.61. The van der Waals surface area contributed by atoms with Crippen LogP contribution in [0.15, 0.2) is 19.7 Å². The smallest absolute Gasteiger partial charge is 0.340 e. The zero-order valence-corrected chi connectivity index (χ0v) is 17.6. The number of nitrogens with one attached hydrogen (secondary N) is 1. The lowest BCUT2D eigenvalue weighted by atomic mass is 9.93. The third-order valence-corrected chi connectivity index (χ3v) is 6.61. The highest BCUT2D eigenvalue weighted by molar-refractivity contribution is 6.00. The predicted molar refractivity (Wildman–Crippen MR) is 114 cm³/mol. The zero-order valence-electron chi connectivity index (χ0n) is 17.6. The Bertz CT molecular complexity index is 1200. The van der Waals surface area contributed by atoms with Crippen LogP contribution in [0.25, 0.3) is 21.9 Å². The van der Waals surface area contributed by atoms with Crippen molar-refractivity contribution in [3.63, 3.8) is 0 Å². The average Bonchev–Trinajstić information content (AvgIpc) is 3.39. The van der Waals surface area contributed by atoms with Crippen molar-refractivity contribution in [1.82, 2.24) is 5.32 Å². The number of carbonyl (C=O) groups is 1. The van der Waals surface area contributed by atoms with Crippen LogP contribution in [0.1, 0.15) is 53.7 Å². The molecule has 2 aromatic heterocycles. The van der Waals surface area contributed by atoms with Gasteiger partial charge in [-0.25, -0.2) is 4.79 Å². The molecule has 1 aliphatic carbocycles. The van der Waals surface area contributed by atoms with Crippen LogP contribution in [0.4, 0.5) is 0 Å². The first-order valence-electron chi connectivity index (χ1n) is 10.9. The topological polar surface area (TPSA) is 81.7 Å². The van der Waals surface area contributed by atoms with Crippen molar-refractivity contribution in [1.29, 1.82) is 0 Å². The number of fused-ring (bicyclic) bond motifs is 4. The summed E-state index contributed by atoms with van der Waals surface area (Å²) >= 11 is 0. The number of rotatable bonds is 4. The molecule has 1 amide bonds. The van der Waals surface area contributed by atoms with E-state index in [1.165, 1.54) is 5.56 Å². The Hall–Kier alpha value is -2.60. The molecule has 1 unspecified atom stereocenters. The van der Waals surface area contributed by atoms with Crippen molar-refractivity contribution in [2.75, 3.05) is 13.2 Å². The van der Waals surface area contributed by atoms with Crippen molar-refractivity contribution in [3.8, 4) is 0 Å². The van der Waals surface area contributed by atoms with E-state index >= 15 is 0 Å². The molecule has 1 N–H and O–H groups in total. The molecule has 1 saturated heterocycles. The number of ether oxygens (including phenoxy) is 1. The summed E-state index contributed by atoms with van der Waals surface area (Å²) in [6.07, 6.45) is 6.35. The Morgan fingerprint density at radius 3 is 2.67 bits per heavy atom. The number of carbonyl (C=O) groups excluding carboxylic acids is 1. The maximum Gasteiger partial charge on any atom is 0.340 e. The summed E-state index contributed by atoms with van der Waals surface area (Å²) < 4.78 is 17.4. The number of amides is 1. The van der Waals surface area contributed by atoms with Gasteiger partial charge in [0.15, 0.2) is 0 Å². The van der Waals surface area contributed by atoms with E-state index in [0.717, 1.165) is 78.4 Å². The second-order valence-corrected chi connectivity index (χ2v) is 8.57. The van der Waals surface area contributed by atoms with Gasteiger partial charge in [0.2, 0.25) is 5.91 Å². The molecule has 30 heavy (non-hydrogen) atoms. The quantitative estimate of drug-likeness (QED) is 0.662. The van der Waals surface area contributed by atoms with Gasteiger partial charge in [-0.15, -0.1) is 0 Å². The first kappa shape index (κ1) is 19.4. The number of hydrogen-bond donors (Lipinski definition) is 1. The Kier molecular flexibility index (Phi) is 4.89. The first-order chi connectivity index (χ1) is 14.5. The molecule has 6 nitrogen and oxygen atoms in total. The van der Waals surface area contributed by atoms with E-state index in [1.54, 1.807) is 0 Å². The second kappa shape index (κ2) is 7.58. The third kappa shape index (κ3) is 3.23. The van der Waals surface area contributed by atoms with Crippen LogP contribution in [0.2, 0.25) is 0 Å². The summed E-state index contributed by atoms with van der Waals surface area (Å²) in [4.78, 5) is 25.2. The maximum atomic E-state index is 12.7. The summed E-state index contributed by atoms with van der Waals surface area (Å²) in [5.41, 5.74) is 4.28. The maximum absolute atomic E-state index is 12.7. The van der Waals surface area contributed by atoms with E-state index in [1.807, 2.05) is 13.8 Å². The van der Waals surface area contributed by atoms with E-state index in [0.29, 0.717) is 17.7 Å². The fourth-order valence-electron chi connectivity index (χ4n) is 4.88. The van der Waals surface area contributed by atoms with Gasteiger partial charge in [0.1, 0.15) is 16.9 Å². The van der Waals surface area contributed by atoms with Crippen molar-refractivity contribution in [2.24, 2.45) is 0 Å². The van der Waals surface area contributed by atoms with Crippen LogP contribution in [-0.4, -0.2) is 25.2 Å². The minimum Gasteiger partial charge on any atom is -0.460 e. The van der Waals surface area contributed by atoms with Gasteiger partial charge in [0, 0.05) is 41.5 Å². The number of furan rings is 1. The van der Waals surface area contributed by atoms with Gasteiger partial charge in [0.05, 0.1) is 18.1 Å². The standard InChI is InChI=1S/C24H27NO5/c1-13-17-10-19-16-7-3-4-8-20(16)29-23(19)14(2)22(17)30-24(27)18(13)11-21(26)25-12-15-6-5-9-28-15/h10,15H,3-9,11-12H2,1-2H3,(H,25,26). The van der Waals surface area contributed by atoms with Gasteiger partial charge in [-0.05, 0) is 57.6 Å². The molecule has 5 rings (SSSR count). The Morgan fingerprint density at radius 1 is 1.07 bits per heavy atom. The molecule has 1 atom stereocenters. The van der Waals surface area contributed by atoms with Crippen LogP contribution in [0.5, 0.6) is 0 Å². The normalized spacial score (nSPS) is 18.8. The van der Waals surface area contributed by atoms with E-state index in [9.17, 15) is 9.59 Å². The van der Waals surface area contributed by atoms with Gasteiger partial charge in [-0.2, -0.15) is 0 Å². The fraction of sp³-hybridized carbons (Fsp3) is 0.500. The second-order valence-electron chi connectivity index (χ2n) is 8.57. The molecule has 0 saturated carbocycles. The van der Waals surface area contributed by atoms with Crippen molar-refractivity contribution in [2.45, 2.75) is 64.9 Å². The summed E-state index contributed by atoms with van der Waals surface area (Å²) in [7, 11) is 0. The van der Waals surface area contributed by atoms with E-state index in [2.05, 4.69) is 11.4 Å². The largest absolute Gasteiger partial charge is 0.460 e. The molecule has 0 radical (unpaired) electrons. The lowest BCUT2D eigenvalue weighted by Gasteiger charge is -2.12. The molecule has 158 valence electrons. The molecule has 1 fully saturated rings. The van der Waals surface area contributed by atoms with Crippen molar-refractivity contribution in [3.05, 3.63) is 44.5 Å². The molecule has 0 spiro atoms. The molecule has 1 aliphatic heterocycles. The highest BCUT2D eigenvalue weighted by atomic mass is 16.5. The highest BCUT2D eigenvalue weighted by Gasteiger charge is 2.24. The number of benzene rings is 1. The molecule has 3 heterocycles. The van der Waals surface area contributed by atoms with Gasteiger partial charge in [-0.1, -0.05) is 0 Å². The minimum absolute atomic E-state index is 0.0113. The van der Waals surface area contributed by atoms with Gasteiger partial charge < -0.3 is 18.9 Å². The van der Waals surface area contributed by atoms with E-state index < -0.39 is 5.63 Å². The van der Waals surface area contributed by atoms with Gasteiger partial charge >= 0.3 is 5.63 Å². The molecule has 1 aromatic carbocycles. The predicted octanol–water partition coefficient (Wildman–Crippen LogP) is 3.87. The summed E-state index contributed by atoms with van der Waals surface area (Å²) in [5.74, 6) is 0.877. The average molecular weight is 409 g/mol. The lowest BCUT2D eigenvalue weighted by molar-refractivity contribution is -0.121. The van der Waals surface area contributed by atoms with Crippen LogP contribution < -0.4 is 10.9 Å². The Balaban J connectivity index is 1.52. The summed E-state index contributed by atoms with van der Waals surface area (Å²) in [5, 5.41) is 4.89. The van der Waals surface area contributed by atoms with Gasteiger partial charge in [0.25, 0.3) is 0 Å². The summed E-state index contributed by atoms with van der Waals surface area (Å²) in [6.45, 7) is 5.08. The van der Waals surface area contributed by atoms with Crippen LogP contribution in [-0.2, 0) is 28.8 Å². The highest BCUT2D eigenvalue weighted by Crippen LogP contribution is 2.37. The van der Waals surface area contributed by atoms with E-state index in [-0.39, 0.29) is 18.4 Å². The van der Waals surface area contributed by atoms with Gasteiger partial charge in [-0.3, -0.25) is 4.79 Å². The zero-order chi connectivity index (χ0) is 20.8. The SMILES string of the molecule is Cc1c(CC(=O)NCC2CCCO2)c(=O)oc2c(C)c3oc4c(c3cc12)CCCC4. The monoisotopic (exact) mass is 409 g/mol. The fourth-order valence-corrected chi connectivity index (χ4v) is 4.88. The van der Waals surface area contributed by atoms with Crippen LogP contribution >= 0.6 is 0 Å². The number of aryl methyl sites for hydroxylation is 4. The lowest BCUT2D eigenvalue weighted by Crippen LogP contribution is -2.34. The Labute approximate surface area is 174 Å².